The molecule has 2 rings (SSSR count). The highest BCUT2D eigenvalue weighted by molar-refractivity contribution is 6.30. The molecule has 0 radical (unpaired) electrons. The number of halogens is 2. The highest BCUT2D eigenvalue weighted by atomic mass is 35.5. The monoisotopic (exact) mass is 306 g/mol. The van der Waals surface area contributed by atoms with E-state index in [9.17, 15) is 4.39 Å². The largest absolute Gasteiger partial charge is 0.326 e. The maximum atomic E-state index is 13.0. The van der Waals surface area contributed by atoms with Gasteiger partial charge in [-0.3, -0.25) is 4.90 Å². The molecule has 0 spiro atoms. The molecule has 2 unspecified atom stereocenters. The Morgan fingerprint density at radius 1 is 1.10 bits per heavy atom. The molecule has 2 atom stereocenters. The van der Waals surface area contributed by atoms with Crippen LogP contribution < -0.4 is 5.73 Å². The van der Waals surface area contributed by atoms with Crippen molar-refractivity contribution < 1.29 is 4.39 Å². The van der Waals surface area contributed by atoms with Gasteiger partial charge in [0.05, 0.1) is 0 Å². The predicted octanol–water partition coefficient (Wildman–Crippen LogP) is 4.00. The van der Waals surface area contributed by atoms with Gasteiger partial charge in [0.25, 0.3) is 0 Å². The van der Waals surface area contributed by atoms with E-state index in [1.807, 2.05) is 38.2 Å². The van der Waals surface area contributed by atoms with Crippen LogP contribution in [-0.2, 0) is 6.54 Å². The molecule has 0 aliphatic rings. The summed E-state index contributed by atoms with van der Waals surface area (Å²) in [7, 11) is 2.02. The van der Waals surface area contributed by atoms with Crippen LogP contribution in [0, 0.1) is 5.82 Å². The van der Waals surface area contributed by atoms with E-state index < -0.39 is 0 Å². The van der Waals surface area contributed by atoms with Crippen LogP contribution in [0.3, 0.4) is 0 Å². The summed E-state index contributed by atoms with van der Waals surface area (Å²) in [6.07, 6.45) is 0. The van der Waals surface area contributed by atoms with E-state index in [-0.39, 0.29) is 17.9 Å². The molecule has 0 fully saturated rings. The number of rotatable bonds is 5. The third-order valence-electron chi connectivity index (χ3n) is 3.53. The van der Waals surface area contributed by atoms with Crippen LogP contribution in [0.4, 0.5) is 4.39 Å². The fourth-order valence-electron chi connectivity index (χ4n) is 2.60. The van der Waals surface area contributed by atoms with Crippen molar-refractivity contribution >= 4 is 11.6 Å². The lowest BCUT2D eigenvalue weighted by Crippen LogP contribution is -2.36. The van der Waals surface area contributed by atoms with Crippen LogP contribution >= 0.6 is 11.6 Å². The van der Waals surface area contributed by atoms with Crippen LogP contribution in [0.25, 0.3) is 0 Å². The highest BCUT2D eigenvalue weighted by Crippen LogP contribution is 2.25. The van der Waals surface area contributed by atoms with E-state index in [0.717, 1.165) is 11.1 Å². The molecule has 112 valence electrons. The first kappa shape index (κ1) is 16.0. The summed E-state index contributed by atoms with van der Waals surface area (Å²) in [6, 6.07) is 14.3. The summed E-state index contributed by atoms with van der Waals surface area (Å²) in [5.74, 6) is -0.220. The Hall–Kier alpha value is -1.42. The molecular weight excluding hydrogens is 287 g/mol. The summed E-state index contributed by atoms with van der Waals surface area (Å²) in [6.45, 7) is 2.69. The molecule has 0 saturated heterocycles. The van der Waals surface area contributed by atoms with Gasteiger partial charge in [0.2, 0.25) is 0 Å². The molecule has 2 aromatic rings. The maximum absolute atomic E-state index is 13.0. The minimum Gasteiger partial charge on any atom is -0.326 e. The summed E-state index contributed by atoms with van der Waals surface area (Å²) in [5, 5.41) is 0.711. The summed E-state index contributed by atoms with van der Waals surface area (Å²) >= 11 is 5.94. The van der Waals surface area contributed by atoms with Gasteiger partial charge in [-0.25, -0.2) is 4.39 Å². The molecule has 0 aliphatic heterocycles. The standard InChI is InChI=1S/C17H20ClFN2/c1-12(20)17(14-5-7-15(18)8-6-14)21(2)11-13-3-9-16(19)10-4-13/h3-10,12,17H,11,20H2,1-2H3. The van der Waals surface area contributed by atoms with Gasteiger partial charge in [-0.1, -0.05) is 35.9 Å². The highest BCUT2D eigenvalue weighted by Gasteiger charge is 2.21. The third-order valence-corrected chi connectivity index (χ3v) is 3.78. The predicted molar refractivity (Wildman–Crippen MR) is 85.7 cm³/mol. The number of benzene rings is 2. The van der Waals surface area contributed by atoms with Gasteiger partial charge in [-0.05, 0) is 49.4 Å². The Kier molecular flexibility index (Phi) is 5.34. The van der Waals surface area contributed by atoms with Crippen LogP contribution in [0.2, 0.25) is 5.02 Å². The van der Waals surface area contributed by atoms with E-state index >= 15 is 0 Å². The van der Waals surface area contributed by atoms with Gasteiger partial charge in [-0.2, -0.15) is 0 Å². The molecule has 0 aromatic heterocycles. The second kappa shape index (κ2) is 7.03. The van der Waals surface area contributed by atoms with E-state index in [4.69, 9.17) is 17.3 Å². The fraction of sp³-hybridized carbons (Fsp3) is 0.294. The molecule has 0 saturated carbocycles. The average Bonchev–Trinajstić information content (AvgIpc) is 2.43. The van der Waals surface area contributed by atoms with Gasteiger partial charge in [0.1, 0.15) is 5.82 Å². The van der Waals surface area contributed by atoms with Gasteiger partial charge in [0.15, 0.2) is 0 Å². The molecule has 2 N–H and O–H groups in total. The van der Waals surface area contributed by atoms with Gasteiger partial charge < -0.3 is 5.73 Å². The first-order valence-corrected chi connectivity index (χ1v) is 7.31. The van der Waals surface area contributed by atoms with Gasteiger partial charge in [-0.15, -0.1) is 0 Å². The van der Waals surface area contributed by atoms with E-state index in [1.54, 1.807) is 12.1 Å². The fourth-order valence-corrected chi connectivity index (χ4v) is 2.72. The number of nitrogens with two attached hydrogens (primary N) is 1. The van der Waals surface area contributed by atoms with Crippen molar-refractivity contribution in [1.82, 2.24) is 4.90 Å². The summed E-state index contributed by atoms with van der Waals surface area (Å²) in [5.41, 5.74) is 8.33. The number of likely N-dealkylation sites (N-methyl/N-ethyl adjacent to an activating group) is 1. The molecule has 0 amide bonds. The SMILES string of the molecule is CC(N)C(c1ccc(Cl)cc1)N(C)Cc1ccc(F)cc1. The van der Waals surface area contributed by atoms with Crippen molar-refractivity contribution in [3.05, 3.63) is 70.5 Å². The normalized spacial score (nSPS) is 14.2. The van der Waals surface area contributed by atoms with Gasteiger partial charge >= 0.3 is 0 Å². The molecule has 0 heterocycles. The lowest BCUT2D eigenvalue weighted by Gasteiger charge is -2.31. The zero-order valence-electron chi connectivity index (χ0n) is 12.3. The number of nitrogens with zero attached hydrogens (tertiary/aromatic N) is 1. The number of hydrogen-bond donors (Lipinski definition) is 1. The number of hydrogen-bond acceptors (Lipinski definition) is 2. The lowest BCUT2D eigenvalue weighted by molar-refractivity contribution is 0.211. The first-order valence-electron chi connectivity index (χ1n) is 6.93. The van der Waals surface area contributed by atoms with E-state index in [1.165, 1.54) is 12.1 Å². The molecule has 0 bridgehead atoms. The average molecular weight is 307 g/mol. The Balaban J connectivity index is 2.17. The molecule has 21 heavy (non-hydrogen) atoms. The van der Waals surface area contributed by atoms with Crippen molar-refractivity contribution in [1.29, 1.82) is 0 Å². The zero-order valence-corrected chi connectivity index (χ0v) is 13.0. The minimum absolute atomic E-state index is 0.0309. The smallest absolute Gasteiger partial charge is 0.123 e. The third kappa shape index (κ3) is 4.27. The molecule has 2 nitrogen and oxygen atoms in total. The first-order chi connectivity index (χ1) is 9.97. The second-order valence-electron chi connectivity index (χ2n) is 5.40. The van der Waals surface area contributed by atoms with Gasteiger partial charge in [0, 0.05) is 23.7 Å². The van der Waals surface area contributed by atoms with Crippen LogP contribution in [-0.4, -0.2) is 18.0 Å². The second-order valence-corrected chi connectivity index (χ2v) is 5.83. The molecule has 4 heteroatoms. The van der Waals surface area contributed by atoms with E-state index in [2.05, 4.69) is 4.90 Å². The quantitative estimate of drug-likeness (QED) is 0.904. The summed E-state index contributed by atoms with van der Waals surface area (Å²) in [4.78, 5) is 2.17. The summed E-state index contributed by atoms with van der Waals surface area (Å²) < 4.78 is 13.0. The van der Waals surface area contributed by atoms with Crippen LogP contribution in [0.5, 0.6) is 0 Å². The zero-order chi connectivity index (χ0) is 15.4. The Bertz CT molecular complexity index is 566. The topological polar surface area (TPSA) is 29.3 Å². The van der Waals surface area contributed by atoms with Crippen molar-refractivity contribution in [3.8, 4) is 0 Å². The van der Waals surface area contributed by atoms with Crippen molar-refractivity contribution in [2.75, 3.05) is 7.05 Å². The van der Waals surface area contributed by atoms with Crippen molar-refractivity contribution in [2.24, 2.45) is 5.73 Å². The van der Waals surface area contributed by atoms with Crippen LogP contribution in [0.15, 0.2) is 48.5 Å². The molecule has 0 aliphatic carbocycles. The molecule has 2 aromatic carbocycles. The minimum atomic E-state index is -0.220. The van der Waals surface area contributed by atoms with Crippen molar-refractivity contribution in [2.45, 2.75) is 25.6 Å². The lowest BCUT2D eigenvalue weighted by atomic mass is 9.99. The van der Waals surface area contributed by atoms with Crippen molar-refractivity contribution in [3.63, 3.8) is 0 Å². The molecular formula is C17H20ClFN2. The maximum Gasteiger partial charge on any atom is 0.123 e. The Morgan fingerprint density at radius 3 is 2.19 bits per heavy atom. The Morgan fingerprint density at radius 2 is 1.67 bits per heavy atom. The van der Waals surface area contributed by atoms with Crippen LogP contribution in [0.1, 0.15) is 24.1 Å². The Labute approximate surface area is 130 Å². The van der Waals surface area contributed by atoms with E-state index in [0.29, 0.717) is 11.6 Å².